The SMILES string of the molecule is Cc1cnc(OCCOC(F)(F)F)c(Cl)c1. The zero-order valence-corrected chi connectivity index (χ0v) is 9.10. The molecule has 1 heterocycles. The minimum absolute atomic E-state index is 0.0954. The van der Waals surface area contributed by atoms with Crippen molar-refractivity contribution in [2.75, 3.05) is 13.2 Å². The van der Waals surface area contributed by atoms with Gasteiger partial charge in [-0.25, -0.2) is 4.98 Å². The summed E-state index contributed by atoms with van der Waals surface area (Å²) in [6, 6.07) is 1.61. The fourth-order valence-corrected chi connectivity index (χ4v) is 1.20. The van der Waals surface area contributed by atoms with E-state index in [0.29, 0.717) is 0 Å². The number of pyridine rings is 1. The molecule has 0 aliphatic carbocycles. The quantitative estimate of drug-likeness (QED) is 0.775. The van der Waals surface area contributed by atoms with Gasteiger partial charge in [-0.3, -0.25) is 4.74 Å². The Morgan fingerprint density at radius 1 is 1.38 bits per heavy atom. The third kappa shape index (κ3) is 4.67. The molecule has 0 saturated heterocycles. The molecule has 16 heavy (non-hydrogen) atoms. The molecule has 1 aromatic heterocycles. The number of aromatic nitrogens is 1. The van der Waals surface area contributed by atoms with E-state index in [1.807, 2.05) is 0 Å². The van der Waals surface area contributed by atoms with E-state index < -0.39 is 13.0 Å². The van der Waals surface area contributed by atoms with E-state index >= 15 is 0 Å². The Labute approximate surface area is 95.1 Å². The molecule has 0 bridgehead atoms. The van der Waals surface area contributed by atoms with Crippen molar-refractivity contribution in [3.63, 3.8) is 0 Å². The van der Waals surface area contributed by atoms with E-state index in [2.05, 4.69) is 9.72 Å². The first-order valence-electron chi connectivity index (χ1n) is 4.34. The molecule has 0 atom stereocenters. The first-order valence-corrected chi connectivity index (χ1v) is 4.72. The zero-order chi connectivity index (χ0) is 12.2. The number of aryl methyl sites for hydroxylation is 1. The molecule has 0 fully saturated rings. The fraction of sp³-hybridized carbons (Fsp3) is 0.444. The highest BCUT2D eigenvalue weighted by Crippen LogP contribution is 2.22. The summed E-state index contributed by atoms with van der Waals surface area (Å²) in [5, 5.41) is 0.256. The van der Waals surface area contributed by atoms with Gasteiger partial charge in [0.05, 0.1) is 6.61 Å². The second-order valence-electron chi connectivity index (χ2n) is 2.94. The third-order valence-corrected chi connectivity index (χ3v) is 1.80. The first kappa shape index (κ1) is 13.1. The number of alkyl halides is 3. The average Bonchev–Trinajstić information content (AvgIpc) is 2.13. The van der Waals surface area contributed by atoms with Crippen molar-refractivity contribution in [3.05, 3.63) is 22.8 Å². The van der Waals surface area contributed by atoms with Crippen molar-refractivity contribution in [2.24, 2.45) is 0 Å². The number of rotatable bonds is 4. The molecule has 7 heteroatoms. The molecule has 1 aromatic rings. The van der Waals surface area contributed by atoms with Gasteiger partial charge in [0.15, 0.2) is 0 Å². The number of hydrogen-bond donors (Lipinski definition) is 0. The van der Waals surface area contributed by atoms with E-state index in [1.54, 1.807) is 13.0 Å². The predicted molar refractivity (Wildman–Crippen MR) is 51.5 cm³/mol. The lowest BCUT2D eigenvalue weighted by atomic mass is 10.3. The van der Waals surface area contributed by atoms with Crippen LogP contribution in [0.25, 0.3) is 0 Å². The average molecular weight is 256 g/mol. The van der Waals surface area contributed by atoms with E-state index in [0.717, 1.165) is 5.56 Å². The van der Waals surface area contributed by atoms with Crippen LogP contribution in [0.5, 0.6) is 5.88 Å². The maximum Gasteiger partial charge on any atom is 0.522 e. The van der Waals surface area contributed by atoms with Gasteiger partial charge in [0.1, 0.15) is 11.6 Å². The Balaban J connectivity index is 2.38. The van der Waals surface area contributed by atoms with Gasteiger partial charge < -0.3 is 4.74 Å². The number of hydrogen-bond acceptors (Lipinski definition) is 3. The minimum atomic E-state index is -4.64. The summed E-state index contributed by atoms with van der Waals surface area (Å²) in [7, 11) is 0. The predicted octanol–water partition coefficient (Wildman–Crippen LogP) is 2.96. The van der Waals surface area contributed by atoms with Crippen LogP contribution in [0, 0.1) is 6.92 Å². The van der Waals surface area contributed by atoms with Gasteiger partial charge in [-0.2, -0.15) is 0 Å². The van der Waals surface area contributed by atoms with E-state index in [-0.39, 0.29) is 17.5 Å². The molecular weight excluding hydrogens is 247 g/mol. The van der Waals surface area contributed by atoms with Crippen LogP contribution in [0.2, 0.25) is 5.02 Å². The summed E-state index contributed by atoms with van der Waals surface area (Å²) >= 11 is 5.75. The van der Waals surface area contributed by atoms with Gasteiger partial charge in [-0.15, -0.1) is 13.2 Å². The van der Waals surface area contributed by atoms with Crippen molar-refractivity contribution in [3.8, 4) is 5.88 Å². The topological polar surface area (TPSA) is 31.4 Å². The molecule has 0 aliphatic rings. The third-order valence-electron chi connectivity index (χ3n) is 1.53. The Bertz CT molecular complexity index is 357. The summed E-state index contributed by atoms with van der Waals surface area (Å²) in [4.78, 5) is 3.82. The van der Waals surface area contributed by atoms with Crippen LogP contribution in [0.4, 0.5) is 13.2 Å². The lowest BCUT2D eigenvalue weighted by Crippen LogP contribution is -2.18. The van der Waals surface area contributed by atoms with Crippen molar-refractivity contribution in [1.29, 1.82) is 0 Å². The summed E-state index contributed by atoms with van der Waals surface area (Å²) in [5.74, 6) is 0.0954. The summed E-state index contributed by atoms with van der Waals surface area (Å²) in [6.45, 7) is 0.917. The molecule has 0 spiro atoms. The summed E-state index contributed by atoms with van der Waals surface area (Å²) in [5.41, 5.74) is 0.837. The normalized spacial score (nSPS) is 11.6. The second-order valence-corrected chi connectivity index (χ2v) is 3.35. The van der Waals surface area contributed by atoms with Crippen molar-refractivity contribution < 1.29 is 22.6 Å². The van der Waals surface area contributed by atoms with Crippen molar-refractivity contribution >= 4 is 11.6 Å². The number of ether oxygens (including phenoxy) is 2. The van der Waals surface area contributed by atoms with Gasteiger partial charge in [-0.1, -0.05) is 11.6 Å². The highest BCUT2D eigenvalue weighted by atomic mass is 35.5. The van der Waals surface area contributed by atoms with E-state index in [4.69, 9.17) is 16.3 Å². The Morgan fingerprint density at radius 2 is 2.06 bits per heavy atom. The van der Waals surface area contributed by atoms with Crippen LogP contribution < -0.4 is 4.74 Å². The Hall–Kier alpha value is -1.01. The molecule has 0 amide bonds. The first-order chi connectivity index (χ1) is 7.38. The molecule has 0 N–H and O–H groups in total. The monoisotopic (exact) mass is 255 g/mol. The summed E-state index contributed by atoms with van der Waals surface area (Å²) in [6.07, 6.45) is -3.14. The Morgan fingerprint density at radius 3 is 2.62 bits per heavy atom. The zero-order valence-electron chi connectivity index (χ0n) is 8.34. The highest BCUT2D eigenvalue weighted by molar-refractivity contribution is 6.31. The fourth-order valence-electron chi connectivity index (χ4n) is 0.923. The smallest absolute Gasteiger partial charge is 0.474 e. The minimum Gasteiger partial charge on any atom is -0.474 e. The number of halogens is 4. The van der Waals surface area contributed by atoms with E-state index in [9.17, 15) is 13.2 Å². The molecule has 1 rings (SSSR count). The standard InChI is InChI=1S/C9H9ClF3NO2/c1-6-4-7(10)8(14-5-6)15-2-3-16-9(11,12)13/h4-5H,2-3H2,1H3. The number of nitrogens with zero attached hydrogens (tertiary/aromatic N) is 1. The van der Waals surface area contributed by atoms with Crippen LogP contribution >= 0.6 is 11.6 Å². The van der Waals surface area contributed by atoms with Gasteiger partial charge >= 0.3 is 6.36 Å². The van der Waals surface area contributed by atoms with Crippen LogP contribution in [-0.2, 0) is 4.74 Å². The van der Waals surface area contributed by atoms with Crippen molar-refractivity contribution in [2.45, 2.75) is 13.3 Å². The lowest BCUT2D eigenvalue weighted by molar-refractivity contribution is -0.325. The van der Waals surface area contributed by atoms with Crippen LogP contribution in [0.15, 0.2) is 12.3 Å². The Kier molecular flexibility index (Phi) is 4.37. The second kappa shape index (κ2) is 5.36. The van der Waals surface area contributed by atoms with Crippen molar-refractivity contribution in [1.82, 2.24) is 4.98 Å². The van der Waals surface area contributed by atoms with Gasteiger partial charge in [0.25, 0.3) is 0 Å². The maximum absolute atomic E-state index is 11.6. The van der Waals surface area contributed by atoms with Crippen LogP contribution in [0.3, 0.4) is 0 Å². The van der Waals surface area contributed by atoms with Gasteiger partial charge in [0, 0.05) is 6.20 Å². The molecule has 3 nitrogen and oxygen atoms in total. The molecule has 90 valence electrons. The molecule has 0 saturated carbocycles. The summed E-state index contributed by atoms with van der Waals surface area (Å²) < 4.78 is 43.2. The maximum atomic E-state index is 11.6. The molecule has 0 radical (unpaired) electrons. The molecule has 0 aliphatic heterocycles. The largest absolute Gasteiger partial charge is 0.522 e. The van der Waals surface area contributed by atoms with E-state index in [1.165, 1.54) is 6.20 Å². The molecular formula is C9H9ClF3NO2. The van der Waals surface area contributed by atoms with Crippen LogP contribution in [0.1, 0.15) is 5.56 Å². The molecule has 0 unspecified atom stereocenters. The highest BCUT2D eigenvalue weighted by Gasteiger charge is 2.28. The molecule has 0 aromatic carbocycles. The van der Waals surface area contributed by atoms with Crippen LogP contribution in [-0.4, -0.2) is 24.6 Å². The van der Waals surface area contributed by atoms with Gasteiger partial charge in [-0.05, 0) is 18.6 Å². The van der Waals surface area contributed by atoms with Gasteiger partial charge in [0.2, 0.25) is 5.88 Å². The lowest BCUT2D eigenvalue weighted by Gasteiger charge is -2.09.